The zero-order chi connectivity index (χ0) is 12.5. The number of nitrogens with zero attached hydrogens (tertiary/aromatic N) is 2. The van der Waals surface area contributed by atoms with Crippen LogP contribution in [0.25, 0.3) is 0 Å². The topological polar surface area (TPSA) is 49.8 Å². The number of aromatic nitrogens is 2. The van der Waals surface area contributed by atoms with Crippen LogP contribution in [-0.2, 0) is 6.42 Å². The van der Waals surface area contributed by atoms with Crippen molar-refractivity contribution in [3.63, 3.8) is 0 Å². The third-order valence-electron chi connectivity index (χ3n) is 3.04. The molecule has 5 heteroatoms. The van der Waals surface area contributed by atoms with E-state index in [0.29, 0.717) is 0 Å². The molecule has 1 aromatic carbocycles. The van der Waals surface area contributed by atoms with Crippen LogP contribution in [-0.4, -0.2) is 16.5 Å². The van der Waals surface area contributed by atoms with E-state index in [9.17, 15) is 0 Å². The Balaban J connectivity index is 1.98. The second kappa shape index (κ2) is 4.46. The number of anilines is 3. The number of benzene rings is 1. The lowest BCUT2D eigenvalue weighted by Crippen LogP contribution is -2.01. The second-order valence-corrected chi connectivity index (χ2v) is 4.65. The quantitative estimate of drug-likeness (QED) is 0.815. The van der Waals surface area contributed by atoms with Crippen LogP contribution in [0.3, 0.4) is 0 Å². The minimum atomic E-state index is 0.253. The summed E-state index contributed by atoms with van der Waals surface area (Å²) < 4.78 is 0. The lowest BCUT2D eigenvalue weighted by Gasteiger charge is -2.12. The maximum absolute atomic E-state index is 5.82. The fraction of sp³-hybridized carbons (Fsp3) is 0.231. The summed E-state index contributed by atoms with van der Waals surface area (Å²) in [6.45, 7) is 2.94. The molecule has 0 spiro atoms. The minimum Gasteiger partial charge on any atom is -0.383 e. The zero-order valence-electron chi connectivity index (χ0n) is 10.00. The fourth-order valence-corrected chi connectivity index (χ4v) is 2.25. The highest BCUT2D eigenvalue weighted by Gasteiger charge is 2.14. The van der Waals surface area contributed by atoms with Crippen molar-refractivity contribution < 1.29 is 0 Å². The van der Waals surface area contributed by atoms with Crippen molar-refractivity contribution >= 4 is 28.8 Å². The molecule has 3 rings (SSSR count). The Morgan fingerprint density at radius 1 is 1.39 bits per heavy atom. The molecule has 0 amide bonds. The first-order chi connectivity index (χ1) is 8.74. The van der Waals surface area contributed by atoms with Crippen LogP contribution in [0.1, 0.15) is 11.1 Å². The highest BCUT2D eigenvalue weighted by atomic mass is 35.5. The van der Waals surface area contributed by atoms with Crippen molar-refractivity contribution in [2.45, 2.75) is 13.3 Å². The summed E-state index contributed by atoms with van der Waals surface area (Å²) in [7, 11) is 0. The number of hydrogen-bond donors (Lipinski definition) is 2. The van der Waals surface area contributed by atoms with Crippen LogP contribution in [0.2, 0.25) is 5.28 Å². The van der Waals surface area contributed by atoms with Gasteiger partial charge in [-0.25, -0.2) is 9.97 Å². The number of halogens is 1. The first kappa shape index (κ1) is 11.3. The molecule has 2 heterocycles. The van der Waals surface area contributed by atoms with Crippen LogP contribution < -0.4 is 10.6 Å². The smallest absolute Gasteiger partial charge is 0.224 e. The van der Waals surface area contributed by atoms with E-state index in [-0.39, 0.29) is 5.28 Å². The molecule has 0 bridgehead atoms. The number of nitrogens with one attached hydrogen (secondary N) is 2. The summed E-state index contributed by atoms with van der Waals surface area (Å²) in [5.74, 6) is 0.747. The van der Waals surface area contributed by atoms with Gasteiger partial charge in [-0.3, -0.25) is 0 Å². The highest BCUT2D eigenvalue weighted by Crippen LogP contribution is 2.32. The van der Waals surface area contributed by atoms with Gasteiger partial charge in [0.1, 0.15) is 5.82 Å². The Morgan fingerprint density at radius 2 is 2.28 bits per heavy atom. The molecule has 1 aliphatic rings. The maximum Gasteiger partial charge on any atom is 0.224 e. The molecule has 92 valence electrons. The van der Waals surface area contributed by atoms with Crippen LogP contribution >= 0.6 is 11.6 Å². The molecule has 4 nitrogen and oxygen atoms in total. The Hall–Kier alpha value is -1.81. The van der Waals surface area contributed by atoms with Crippen LogP contribution in [0.4, 0.5) is 17.2 Å². The number of para-hydroxylation sites is 1. The predicted octanol–water partition coefficient (Wildman–Crippen LogP) is 3.15. The van der Waals surface area contributed by atoms with Gasteiger partial charge in [0, 0.05) is 18.3 Å². The lowest BCUT2D eigenvalue weighted by molar-refractivity contribution is 1.11. The fourth-order valence-electron chi connectivity index (χ4n) is 2.12. The third-order valence-corrected chi connectivity index (χ3v) is 3.22. The van der Waals surface area contributed by atoms with E-state index in [1.54, 1.807) is 6.20 Å². The largest absolute Gasteiger partial charge is 0.383 e. The molecule has 0 saturated carbocycles. The van der Waals surface area contributed by atoms with Gasteiger partial charge in [0.25, 0.3) is 0 Å². The Labute approximate surface area is 110 Å². The summed E-state index contributed by atoms with van der Waals surface area (Å²) >= 11 is 5.82. The van der Waals surface area contributed by atoms with Gasteiger partial charge >= 0.3 is 0 Å². The molecule has 0 unspecified atom stereocenters. The van der Waals surface area contributed by atoms with Crippen molar-refractivity contribution in [2.75, 3.05) is 17.2 Å². The molecule has 1 aliphatic heterocycles. The molecule has 0 aliphatic carbocycles. The van der Waals surface area contributed by atoms with E-state index in [2.05, 4.69) is 26.7 Å². The number of aryl methyl sites for hydroxylation is 1. The molecule has 0 fully saturated rings. The summed E-state index contributed by atoms with van der Waals surface area (Å²) in [5, 5.41) is 6.95. The Bertz CT molecular complexity index is 598. The molecule has 0 radical (unpaired) electrons. The molecular weight excluding hydrogens is 248 g/mol. The van der Waals surface area contributed by atoms with E-state index >= 15 is 0 Å². The molecule has 1 aromatic heterocycles. The molecule has 0 atom stereocenters. The zero-order valence-corrected chi connectivity index (χ0v) is 10.8. The van der Waals surface area contributed by atoms with Crippen molar-refractivity contribution in [1.29, 1.82) is 0 Å². The molecule has 18 heavy (non-hydrogen) atoms. The van der Waals surface area contributed by atoms with Crippen LogP contribution in [0.15, 0.2) is 24.4 Å². The number of fused-ring (bicyclic) bond motifs is 1. The van der Waals surface area contributed by atoms with Gasteiger partial charge in [0.05, 0.1) is 11.4 Å². The van der Waals surface area contributed by atoms with Gasteiger partial charge in [-0.1, -0.05) is 12.1 Å². The lowest BCUT2D eigenvalue weighted by atomic mass is 10.1. The summed E-state index contributed by atoms with van der Waals surface area (Å²) in [6.07, 6.45) is 2.78. The second-order valence-electron chi connectivity index (χ2n) is 4.31. The van der Waals surface area contributed by atoms with E-state index in [1.807, 2.05) is 19.1 Å². The Kier molecular flexibility index (Phi) is 2.80. The van der Waals surface area contributed by atoms with Crippen molar-refractivity contribution in [3.8, 4) is 0 Å². The predicted molar refractivity (Wildman–Crippen MR) is 73.7 cm³/mol. The minimum absolute atomic E-state index is 0.253. The van der Waals surface area contributed by atoms with Gasteiger partial charge in [-0.15, -0.1) is 0 Å². The van der Waals surface area contributed by atoms with Crippen molar-refractivity contribution in [2.24, 2.45) is 0 Å². The molecule has 2 N–H and O–H groups in total. The third kappa shape index (κ3) is 1.99. The monoisotopic (exact) mass is 260 g/mol. The van der Waals surface area contributed by atoms with E-state index < -0.39 is 0 Å². The summed E-state index contributed by atoms with van der Waals surface area (Å²) in [4.78, 5) is 8.16. The first-order valence-electron chi connectivity index (χ1n) is 5.86. The van der Waals surface area contributed by atoms with Gasteiger partial charge in [0.2, 0.25) is 5.28 Å². The number of rotatable bonds is 2. The highest BCUT2D eigenvalue weighted by molar-refractivity contribution is 6.28. The average Bonchev–Trinajstić information content (AvgIpc) is 2.83. The van der Waals surface area contributed by atoms with Gasteiger partial charge in [0.15, 0.2) is 0 Å². The van der Waals surface area contributed by atoms with E-state index in [0.717, 1.165) is 35.7 Å². The molecule has 0 saturated heterocycles. The molecule has 2 aromatic rings. The normalized spacial score (nSPS) is 13.0. The SMILES string of the molecule is Cc1cnc(Cl)nc1Nc1cccc2c1NCC2. The summed E-state index contributed by atoms with van der Waals surface area (Å²) in [6, 6.07) is 6.22. The van der Waals surface area contributed by atoms with Crippen molar-refractivity contribution in [1.82, 2.24) is 9.97 Å². The first-order valence-corrected chi connectivity index (χ1v) is 6.24. The maximum atomic E-state index is 5.82. The van der Waals surface area contributed by atoms with Crippen molar-refractivity contribution in [3.05, 3.63) is 40.8 Å². The van der Waals surface area contributed by atoms with Crippen LogP contribution in [0, 0.1) is 6.92 Å². The Morgan fingerprint density at radius 3 is 3.17 bits per heavy atom. The average molecular weight is 261 g/mol. The number of hydrogen-bond acceptors (Lipinski definition) is 4. The van der Waals surface area contributed by atoms with Crippen LogP contribution in [0.5, 0.6) is 0 Å². The van der Waals surface area contributed by atoms with E-state index in [4.69, 9.17) is 11.6 Å². The molecular formula is C13H13ClN4. The van der Waals surface area contributed by atoms with Gasteiger partial charge in [-0.2, -0.15) is 0 Å². The van der Waals surface area contributed by atoms with Gasteiger partial charge in [-0.05, 0) is 36.6 Å². The summed E-state index contributed by atoms with van der Waals surface area (Å²) in [5.41, 5.74) is 4.49. The van der Waals surface area contributed by atoms with Gasteiger partial charge < -0.3 is 10.6 Å². The van der Waals surface area contributed by atoms with E-state index in [1.165, 1.54) is 5.56 Å². The standard InChI is InChI=1S/C13H13ClN4/c1-8-7-16-13(14)18-12(8)17-10-4-2-3-9-5-6-15-11(9)10/h2-4,7,15H,5-6H2,1H3,(H,16,17,18).